The van der Waals surface area contributed by atoms with Crippen LogP contribution in [0.15, 0.2) is 21.8 Å². The molecule has 0 unspecified atom stereocenters. The van der Waals surface area contributed by atoms with Gasteiger partial charge >= 0.3 is 0 Å². The van der Waals surface area contributed by atoms with Gasteiger partial charge in [-0.1, -0.05) is 44.2 Å². The first kappa shape index (κ1) is 17.8. The van der Waals surface area contributed by atoms with Crippen molar-refractivity contribution in [2.45, 2.75) is 45.4 Å². The van der Waals surface area contributed by atoms with Gasteiger partial charge in [0.1, 0.15) is 0 Å². The van der Waals surface area contributed by atoms with Crippen LogP contribution in [0, 0.1) is 0 Å². The van der Waals surface area contributed by atoms with Gasteiger partial charge < -0.3 is 14.7 Å². The molecule has 0 fully saturated rings. The van der Waals surface area contributed by atoms with E-state index in [1.54, 1.807) is 13.2 Å². The van der Waals surface area contributed by atoms with Gasteiger partial charge in [-0.3, -0.25) is 0 Å². The van der Waals surface area contributed by atoms with Crippen LogP contribution in [-0.4, -0.2) is 25.1 Å². The number of unbranched alkanes of at least 4 members (excludes halogenated alkanes) is 5. The van der Waals surface area contributed by atoms with Crippen LogP contribution < -0.4 is 9.47 Å². The Morgan fingerprint density at radius 2 is 1.90 bits per heavy atom. The lowest BCUT2D eigenvalue weighted by Crippen LogP contribution is -2.01. The van der Waals surface area contributed by atoms with Gasteiger partial charge in [-0.05, 0) is 34.5 Å². The van der Waals surface area contributed by atoms with Crippen LogP contribution in [0.1, 0.15) is 51.0 Å². The Bertz CT molecular complexity index is 449. The lowest BCUT2D eigenvalue weighted by molar-refractivity contribution is 0.283. The predicted molar refractivity (Wildman–Crippen MR) is 88.9 cm³/mol. The Hall–Kier alpha value is -1.23. The highest BCUT2D eigenvalue weighted by atomic mass is 79.9. The highest BCUT2D eigenvalue weighted by molar-refractivity contribution is 9.10. The smallest absolute Gasteiger partial charge is 0.175 e. The molecule has 5 heteroatoms. The second-order valence-electron chi connectivity index (χ2n) is 4.89. The Morgan fingerprint density at radius 3 is 2.57 bits per heavy atom. The number of methoxy groups -OCH3 is 1. The molecule has 0 spiro atoms. The molecule has 0 radical (unpaired) electrons. The first-order valence-electron chi connectivity index (χ1n) is 7.40. The van der Waals surface area contributed by atoms with Gasteiger partial charge in [-0.2, -0.15) is 0 Å². The van der Waals surface area contributed by atoms with Gasteiger partial charge in [0.15, 0.2) is 11.5 Å². The summed E-state index contributed by atoms with van der Waals surface area (Å²) in [6.45, 7) is 2.90. The summed E-state index contributed by atoms with van der Waals surface area (Å²) >= 11 is 3.46. The topological polar surface area (TPSA) is 51.0 Å². The molecule has 0 bridgehead atoms. The average Bonchev–Trinajstić information content (AvgIpc) is 2.48. The molecule has 0 heterocycles. The molecule has 1 N–H and O–H groups in total. The van der Waals surface area contributed by atoms with Crippen molar-refractivity contribution in [2.75, 3.05) is 13.7 Å². The molecule has 0 aromatic heterocycles. The third kappa shape index (κ3) is 6.38. The maximum absolute atomic E-state index is 8.59. The molecular formula is C16H24BrNO3. The first-order chi connectivity index (χ1) is 10.2. The number of benzene rings is 1. The average molecular weight is 358 g/mol. The van der Waals surface area contributed by atoms with Crippen molar-refractivity contribution < 1.29 is 14.7 Å². The molecule has 0 aliphatic rings. The Kier molecular flexibility index (Phi) is 8.90. The number of oxime groups is 1. The number of halogens is 1. The molecule has 1 aromatic rings. The standard InChI is InChI=1S/C16H24BrNO3/c1-3-4-5-6-7-8-9-21-16-14(17)10-13(12-18-19)11-15(16)20-2/h10-12,19H,3-9H2,1-2H3/b18-12+. The molecule has 4 nitrogen and oxygen atoms in total. The van der Waals surface area contributed by atoms with Crippen LogP contribution in [-0.2, 0) is 0 Å². The second-order valence-corrected chi connectivity index (χ2v) is 5.75. The van der Waals surface area contributed by atoms with E-state index in [1.807, 2.05) is 6.07 Å². The highest BCUT2D eigenvalue weighted by Crippen LogP contribution is 2.36. The van der Waals surface area contributed by atoms with E-state index in [0.717, 1.165) is 16.5 Å². The fraction of sp³-hybridized carbons (Fsp3) is 0.562. The fourth-order valence-corrected chi connectivity index (χ4v) is 2.65. The summed E-state index contributed by atoms with van der Waals surface area (Å²) in [6.07, 6.45) is 8.73. The minimum atomic E-state index is 0.630. The highest BCUT2D eigenvalue weighted by Gasteiger charge is 2.11. The fourth-order valence-electron chi connectivity index (χ4n) is 2.08. The van der Waals surface area contributed by atoms with Crippen molar-refractivity contribution in [1.82, 2.24) is 0 Å². The van der Waals surface area contributed by atoms with Gasteiger partial charge in [0.25, 0.3) is 0 Å². The largest absolute Gasteiger partial charge is 0.493 e. The molecule has 21 heavy (non-hydrogen) atoms. The van der Waals surface area contributed by atoms with Crippen LogP contribution in [0.3, 0.4) is 0 Å². The quantitative estimate of drug-likeness (QED) is 0.277. The van der Waals surface area contributed by atoms with E-state index in [1.165, 1.54) is 38.3 Å². The van der Waals surface area contributed by atoms with Gasteiger partial charge in [-0.25, -0.2) is 0 Å². The van der Waals surface area contributed by atoms with Crippen LogP contribution in [0.5, 0.6) is 11.5 Å². The third-order valence-electron chi connectivity index (χ3n) is 3.20. The van der Waals surface area contributed by atoms with Crippen molar-refractivity contribution in [1.29, 1.82) is 0 Å². The molecule has 0 saturated heterocycles. The van der Waals surface area contributed by atoms with Crippen molar-refractivity contribution in [3.63, 3.8) is 0 Å². The molecule has 1 rings (SSSR count). The Balaban J connectivity index is 2.50. The SMILES string of the molecule is CCCCCCCCOc1c(Br)cc(/C=N/O)cc1OC. The van der Waals surface area contributed by atoms with E-state index in [4.69, 9.17) is 14.7 Å². The Morgan fingerprint density at radius 1 is 1.19 bits per heavy atom. The van der Waals surface area contributed by atoms with E-state index in [0.29, 0.717) is 18.1 Å². The summed E-state index contributed by atoms with van der Waals surface area (Å²) in [7, 11) is 1.60. The third-order valence-corrected chi connectivity index (χ3v) is 3.79. The van der Waals surface area contributed by atoms with E-state index < -0.39 is 0 Å². The summed E-state index contributed by atoms with van der Waals surface area (Å²) in [5.74, 6) is 1.33. The molecule has 0 amide bonds. The zero-order chi connectivity index (χ0) is 15.5. The summed E-state index contributed by atoms with van der Waals surface area (Å²) in [4.78, 5) is 0. The van der Waals surface area contributed by atoms with Crippen molar-refractivity contribution in [3.8, 4) is 11.5 Å². The Labute approximate surface area is 135 Å². The van der Waals surface area contributed by atoms with Gasteiger partial charge in [0.05, 0.1) is 24.4 Å². The van der Waals surface area contributed by atoms with E-state index in [-0.39, 0.29) is 0 Å². The summed E-state index contributed by atoms with van der Waals surface area (Å²) < 4.78 is 11.9. The molecule has 0 atom stereocenters. The van der Waals surface area contributed by atoms with Crippen molar-refractivity contribution in [2.24, 2.45) is 5.16 Å². The monoisotopic (exact) mass is 357 g/mol. The summed E-state index contributed by atoms with van der Waals surface area (Å²) in [6, 6.07) is 3.61. The molecule has 0 aliphatic heterocycles. The minimum absolute atomic E-state index is 0.630. The molecule has 1 aromatic carbocycles. The van der Waals surface area contributed by atoms with Crippen LogP contribution in [0.2, 0.25) is 0 Å². The van der Waals surface area contributed by atoms with Crippen LogP contribution in [0.25, 0.3) is 0 Å². The van der Waals surface area contributed by atoms with E-state index in [9.17, 15) is 0 Å². The number of hydrogen-bond donors (Lipinski definition) is 1. The lowest BCUT2D eigenvalue weighted by atomic mass is 10.1. The maximum Gasteiger partial charge on any atom is 0.175 e. The van der Waals surface area contributed by atoms with Gasteiger partial charge in [0, 0.05) is 5.56 Å². The van der Waals surface area contributed by atoms with E-state index >= 15 is 0 Å². The van der Waals surface area contributed by atoms with Gasteiger partial charge in [-0.15, -0.1) is 0 Å². The normalized spacial score (nSPS) is 11.0. The van der Waals surface area contributed by atoms with E-state index in [2.05, 4.69) is 28.0 Å². The number of ether oxygens (including phenoxy) is 2. The molecular weight excluding hydrogens is 334 g/mol. The minimum Gasteiger partial charge on any atom is -0.493 e. The summed E-state index contributed by atoms with van der Waals surface area (Å²) in [5, 5.41) is 11.6. The van der Waals surface area contributed by atoms with Gasteiger partial charge in [0.2, 0.25) is 0 Å². The second kappa shape index (κ2) is 10.5. The number of nitrogens with zero attached hydrogens (tertiary/aromatic N) is 1. The lowest BCUT2D eigenvalue weighted by Gasteiger charge is -2.13. The molecule has 0 saturated carbocycles. The number of hydrogen-bond acceptors (Lipinski definition) is 4. The molecule has 118 valence electrons. The zero-order valence-corrected chi connectivity index (χ0v) is 14.4. The number of rotatable bonds is 10. The molecule has 0 aliphatic carbocycles. The maximum atomic E-state index is 8.59. The first-order valence-corrected chi connectivity index (χ1v) is 8.20. The predicted octanol–water partition coefficient (Wildman–Crippen LogP) is 5.01. The summed E-state index contributed by atoms with van der Waals surface area (Å²) in [5.41, 5.74) is 0.744. The van der Waals surface area contributed by atoms with Crippen LogP contribution in [0.4, 0.5) is 0 Å². The van der Waals surface area contributed by atoms with Crippen molar-refractivity contribution >= 4 is 22.1 Å². The van der Waals surface area contributed by atoms with Crippen molar-refractivity contribution in [3.05, 3.63) is 22.2 Å². The van der Waals surface area contributed by atoms with Crippen LogP contribution >= 0.6 is 15.9 Å². The zero-order valence-electron chi connectivity index (χ0n) is 12.8.